The summed E-state index contributed by atoms with van der Waals surface area (Å²) in [5.74, 6) is 0. The van der Waals surface area contributed by atoms with Gasteiger partial charge in [-0.2, -0.15) is 0 Å². The van der Waals surface area contributed by atoms with Crippen LogP contribution in [-0.2, 0) is 0 Å². The first-order valence-electron chi connectivity index (χ1n) is 8.76. The van der Waals surface area contributed by atoms with Crippen LogP contribution in [0.4, 0.5) is 0 Å². The van der Waals surface area contributed by atoms with Crippen molar-refractivity contribution in [3.05, 3.63) is 0 Å². The van der Waals surface area contributed by atoms with Crippen LogP contribution in [0.1, 0.15) is 85.5 Å². The Balaban J connectivity index is 4.32. The SMILES string of the molecule is CCCCCCCCP(I)(CCC)(CCC)CCC. The number of rotatable bonds is 13. The van der Waals surface area contributed by atoms with Crippen LogP contribution in [0, 0.1) is 0 Å². The van der Waals surface area contributed by atoms with Gasteiger partial charge in [-0.3, -0.25) is 0 Å². The second kappa shape index (κ2) is 10.8. The van der Waals surface area contributed by atoms with Gasteiger partial charge in [-0.1, -0.05) is 0 Å². The zero-order valence-electron chi connectivity index (χ0n) is 14.0. The predicted octanol–water partition coefficient (Wildman–Crippen LogP) is 7.48. The summed E-state index contributed by atoms with van der Waals surface area (Å²) in [5, 5.41) is 0. The molecule has 0 fully saturated rings. The Kier molecular flexibility index (Phi) is 11.5. The Morgan fingerprint density at radius 1 is 0.526 bits per heavy atom. The molecule has 0 unspecified atom stereocenters. The summed E-state index contributed by atoms with van der Waals surface area (Å²) in [6, 6.07) is 0. The van der Waals surface area contributed by atoms with Crippen molar-refractivity contribution in [3.63, 3.8) is 0 Å². The molecule has 0 aliphatic rings. The number of unbranched alkanes of at least 4 members (excludes halogenated alkanes) is 5. The maximum atomic E-state index is 3.01. The molecule has 0 amide bonds. The molecule has 0 nitrogen and oxygen atoms in total. The fourth-order valence-corrected chi connectivity index (χ4v) is 14.7. The van der Waals surface area contributed by atoms with E-state index in [1.54, 1.807) is 24.6 Å². The van der Waals surface area contributed by atoms with Crippen LogP contribution in [0.3, 0.4) is 0 Å². The number of halogens is 1. The van der Waals surface area contributed by atoms with E-state index in [0.29, 0.717) is 0 Å². The Morgan fingerprint density at radius 3 is 1.37 bits per heavy atom. The van der Waals surface area contributed by atoms with E-state index in [9.17, 15) is 0 Å². The molecule has 118 valence electrons. The van der Waals surface area contributed by atoms with Crippen LogP contribution < -0.4 is 0 Å². The molecule has 0 N–H and O–H groups in total. The van der Waals surface area contributed by atoms with Gasteiger partial charge < -0.3 is 0 Å². The molecule has 0 aromatic carbocycles. The quantitative estimate of drug-likeness (QED) is 0.171. The van der Waals surface area contributed by atoms with Crippen molar-refractivity contribution in [1.82, 2.24) is 0 Å². The van der Waals surface area contributed by atoms with Crippen molar-refractivity contribution in [2.24, 2.45) is 0 Å². The van der Waals surface area contributed by atoms with Crippen LogP contribution in [0.5, 0.6) is 0 Å². The fraction of sp³-hybridized carbons (Fsp3) is 1.00. The van der Waals surface area contributed by atoms with Gasteiger partial charge in [0, 0.05) is 0 Å². The van der Waals surface area contributed by atoms with Crippen LogP contribution in [-0.4, -0.2) is 24.6 Å². The van der Waals surface area contributed by atoms with E-state index in [1.807, 2.05) is 0 Å². The van der Waals surface area contributed by atoms with E-state index in [0.717, 1.165) is 0 Å². The first-order valence-corrected chi connectivity index (χ1v) is 14.5. The van der Waals surface area contributed by atoms with E-state index in [4.69, 9.17) is 0 Å². The van der Waals surface area contributed by atoms with Gasteiger partial charge in [0.2, 0.25) is 0 Å². The molecule has 0 spiro atoms. The van der Waals surface area contributed by atoms with Gasteiger partial charge in [0.15, 0.2) is 0 Å². The summed E-state index contributed by atoms with van der Waals surface area (Å²) in [7, 11) is 0. The summed E-state index contributed by atoms with van der Waals surface area (Å²) in [6.07, 6.45) is 19.1. The molecule has 0 saturated heterocycles. The van der Waals surface area contributed by atoms with Gasteiger partial charge in [0.25, 0.3) is 0 Å². The topological polar surface area (TPSA) is 0 Å². The standard InChI is InChI=1S/C17H38IP/c1-5-9-10-11-12-13-17-19(18,14-6-2,15-7-3)16-8-4/h5-17H2,1-4H3. The average molecular weight is 400 g/mol. The summed E-state index contributed by atoms with van der Waals surface area (Å²) in [4.78, 5) is 0. The van der Waals surface area contributed by atoms with Crippen molar-refractivity contribution in [2.45, 2.75) is 85.5 Å². The molecule has 0 rings (SSSR count). The van der Waals surface area contributed by atoms with Crippen molar-refractivity contribution in [2.75, 3.05) is 24.6 Å². The van der Waals surface area contributed by atoms with Gasteiger partial charge in [-0.05, 0) is 0 Å². The van der Waals surface area contributed by atoms with E-state index in [1.165, 1.54) is 57.8 Å². The molecule has 0 heterocycles. The number of hydrogen-bond donors (Lipinski definition) is 0. The average Bonchev–Trinajstić information content (AvgIpc) is 2.35. The molecule has 19 heavy (non-hydrogen) atoms. The van der Waals surface area contributed by atoms with E-state index >= 15 is 0 Å². The molecule has 0 aromatic heterocycles. The summed E-state index contributed by atoms with van der Waals surface area (Å²) in [6.45, 7) is 9.49. The second-order valence-electron chi connectivity index (χ2n) is 6.48. The van der Waals surface area contributed by atoms with Crippen molar-refractivity contribution >= 4 is 26.3 Å². The molecular formula is C17H38IP. The predicted molar refractivity (Wildman–Crippen MR) is 105 cm³/mol. The fourth-order valence-electron chi connectivity index (χ4n) is 3.63. The summed E-state index contributed by atoms with van der Waals surface area (Å²) in [5.41, 5.74) is 0. The van der Waals surface area contributed by atoms with Gasteiger partial charge in [-0.15, -0.1) is 0 Å². The third-order valence-corrected chi connectivity index (χ3v) is 16.3. The third kappa shape index (κ3) is 8.24. The molecular weight excluding hydrogens is 362 g/mol. The zero-order valence-corrected chi connectivity index (χ0v) is 17.1. The zero-order chi connectivity index (χ0) is 14.6. The molecule has 0 aliphatic carbocycles. The first-order chi connectivity index (χ1) is 9.04. The minimum absolute atomic E-state index is 1.37. The van der Waals surface area contributed by atoms with Crippen molar-refractivity contribution in [1.29, 1.82) is 0 Å². The summed E-state index contributed by atoms with van der Waals surface area (Å²) < 4.78 is -1.37. The molecule has 0 aromatic rings. The normalized spacial score (nSPS) is 14.3. The molecule has 0 atom stereocenters. The van der Waals surface area contributed by atoms with Crippen LogP contribution in [0.2, 0.25) is 0 Å². The first kappa shape index (κ1) is 20.2. The van der Waals surface area contributed by atoms with Crippen LogP contribution in [0.15, 0.2) is 0 Å². The third-order valence-electron chi connectivity index (χ3n) is 4.42. The van der Waals surface area contributed by atoms with Crippen molar-refractivity contribution in [3.8, 4) is 0 Å². The van der Waals surface area contributed by atoms with Gasteiger partial charge in [0.05, 0.1) is 0 Å². The van der Waals surface area contributed by atoms with E-state index in [2.05, 4.69) is 49.7 Å². The monoisotopic (exact) mass is 400 g/mol. The molecule has 0 aliphatic heterocycles. The second-order valence-corrected chi connectivity index (χ2v) is 20.1. The van der Waals surface area contributed by atoms with Gasteiger partial charge >= 0.3 is 136 Å². The van der Waals surface area contributed by atoms with Gasteiger partial charge in [0.1, 0.15) is 0 Å². The number of hydrogen-bond acceptors (Lipinski definition) is 0. The Bertz CT molecular complexity index is 196. The van der Waals surface area contributed by atoms with E-state index in [-0.39, 0.29) is 0 Å². The molecule has 0 radical (unpaired) electrons. The molecule has 0 bridgehead atoms. The Morgan fingerprint density at radius 2 is 0.947 bits per heavy atom. The maximum absolute atomic E-state index is 3.01. The summed E-state index contributed by atoms with van der Waals surface area (Å²) >= 11 is 3.01. The minimum atomic E-state index is -1.37. The van der Waals surface area contributed by atoms with Crippen LogP contribution >= 0.6 is 26.3 Å². The van der Waals surface area contributed by atoms with Gasteiger partial charge in [-0.25, -0.2) is 0 Å². The van der Waals surface area contributed by atoms with Crippen molar-refractivity contribution < 1.29 is 0 Å². The molecule has 2 heteroatoms. The Hall–Kier alpha value is 1.16. The molecule has 0 saturated carbocycles. The van der Waals surface area contributed by atoms with Crippen LogP contribution in [0.25, 0.3) is 0 Å². The van der Waals surface area contributed by atoms with E-state index < -0.39 is 4.25 Å². The Labute approximate surface area is 136 Å².